The van der Waals surface area contributed by atoms with Crippen LogP contribution in [0.3, 0.4) is 0 Å². The number of anilines is 1. The number of hydrogen-bond donors (Lipinski definition) is 1. The van der Waals surface area contributed by atoms with Gasteiger partial charge in [-0.2, -0.15) is 5.26 Å². The van der Waals surface area contributed by atoms with Gasteiger partial charge in [-0.15, -0.1) is 11.3 Å². The molecule has 0 aliphatic heterocycles. The maximum atomic E-state index is 13.0. The molecule has 4 rings (SSSR count). The lowest BCUT2D eigenvalue weighted by Gasteiger charge is -2.24. The number of para-hydroxylation sites is 1. The molecule has 0 saturated carbocycles. The van der Waals surface area contributed by atoms with Gasteiger partial charge in [0.1, 0.15) is 11.1 Å². The minimum Gasteiger partial charge on any atom is -0.452 e. The van der Waals surface area contributed by atoms with Gasteiger partial charge in [0, 0.05) is 11.1 Å². The fourth-order valence-corrected chi connectivity index (χ4v) is 4.41. The number of esters is 1. The Bertz CT molecular complexity index is 1150. The Morgan fingerprint density at radius 2 is 2.17 bits per heavy atom. The van der Waals surface area contributed by atoms with Crippen molar-refractivity contribution in [1.29, 1.82) is 5.26 Å². The van der Waals surface area contributed by atoms with Crippen LogP contribution in [0.15, 0.2) is 35.7 Å². The summed E-state index contributed by atoms with van der Waals surface area (Å²) in [5, 5.41) is 14.6. The van der Waals surface area contributed by atoms with E-state index in [-0.39, 0.29) is 0 Å². The van der Waals surface area contributed by atoms with Crippen LogP contribution in [0.5, 0.6) is 0 Å². The third-order valence-corrected chi connectivity index (χ3v) is 5.91. The van der Waals surface area contributed by atoms with Crippen LogP contribution < -0.4 is 5.32 Å². The lowest BCUT2D eigenvalue weighted by atomic mass is 9.84. The number of nitrogens with zero attached hydrogens (tertiary/aromatic N) is 2. The lowest BCUT2D eigenvalue weighted by molar-refractivity contribution is -0.119. The normalized spacial score (nSPS) is 15.4. The molecular formula is C22H19N3O3S. The van der Waals surface area contributed by atoms with E-state index >= 15 is 0 Å². The van der Waals surface area contributed by atoms with E-state index in [2.05, 4.69) is 12.2 Å². The number of rotatable bonds is 4. The van der Waals surface area contributed by atoms with Crippen molar-refractivity contribution in [1.82, 2.24) is 4.98 Å². The van der Waals surface area contributed by atoms with Gasteiger partial charge in [-0.25, -0.2) is 4.79 Å². The Balaban J connectivity index is 1.58. The molecule has 6 nitrogen and oxygen atoms in total. The number of amides is 1. The van der Waals surface area contributed by atoms with Crippen molar-refractivity contribution < 1.29 is 14.3 Å². The van der Waals surface area contributed by atoms with Crippen LogP contribution in [0.25, 0.3) is 10.9 Å². The SMILES string of the molecule is C[C@@H]1CCc2nc3ccccc3c(C(=O)OCC(=O)Nc3sccc3C#N)c2C1. The Morgan fingerprint density at radius 3 is 3.00 bits per heavy atom. The Hall–Kier alpha value is -3.24. The highest BCUT2D eigenvalue weighted by Crippen LogP contribution is 2.32. The van der Waals surface area contributed by atoms with Gasteiger partial charge in [-0.05, 0) is 48.3 Å². The second-order valence-electron chi connectivity index (χ2n) is 7.18. The third-order valence-electron chi connectivity index (χ3n) is 5.08. The van der Waals surface area contributed by atoms with Crippen molar-refractivity contribution in [3.63, 3.8) is 0 Å². The number of carbonyl (C=O) groups excluding carboxylic acids is 2. The second-order valence-corrected chi connectivity index (χ2v) is 8.09. The first-order valence-electron chi connectivity index (χ1n) is 9.42. The number of carbonyl (C=O) groups is 2. The minimum absolute atomic E-state index is 0.387. The zero-order valence-corrected chi connectivity index (χ0v) is 16.7. The summed E-state index contributed by atoms with van der Waals surface area (Å²) in [6, 6.07) is 11.1. The van der Waals surface area contributed by atoms with Gasteiger partial charge in [-0.3, -0.25) is 9.78 Å². The van der Waals surface area contributed by atoms with E-state index in [1.165, 1.54) is 11.3 Å². The summed E-state index contributed by atoms with van der Waals surface area (Å²) in [5.41, 5.74) is 3.53. The highest BCUT2D eigenvalue weighted by molar-refractivity contribution is 7.14. The number of hydrogen-bond acceptors (Lipinski definition) is 6. The zero-order chi connectivity index (χ0) is 20.4. The Labute approximate surface area is 172 Å². The molecular weight excluding hydrogens is 386 g/mol. The van der Waals surface area contributed by atoms with Gasteiger partial charge in [0.2, 0.25) is 0 Å². The average Bonchev–Trinajstić information content (AvgIpc) is 3.17. The number of thiophene rings is 1. The maximum absolute atomic E-state index is 13.0. The smallest absolute Gasteiger partial charge is 0.339 e. The van der Waals surface area contributed by atoms with E-state index in [4.69, 9.17) is 15.0 Å². The number of benzene rings is 1. The van der Waals surface area contributed by atoms with E-state index < -0.39 is 18.5 Å². The van der Waals surface area contributed by atoms with E-state index in [0.717, 1.165) is 41.4 Å². The quantitative estimate of drug-likeness (QED) is 0.660. The molecule has 1 aliphatic carbocycles. The predicted molar refractivity (Wildman–Crippen MR) is 111 cm³/mol. The standard InChI is InChI=1S/C22H19N3O3S/c1-13-6-7-18-16(10-13)20(15-4-2-3-5-17(15)24-18)22(27)28-12-19(26)25-21-14(11-23)8-9-29-21/h2-5,8-9,13H,6-7,10,12H2,1H3,(H,25,26)/t13-/m1/s1. The van der Waals surface area contributed by atoms with Crippen LogP contribution in [0.2, 0.25) is 0 Å². The molecule has 1 amide bonds. The fraction of sp³-hybridized carbons (Fsp3) is 0.273. The largest absolute Gasteiger partial charge is 0.452 e. The van der Waals surface area contributed by atoms with Gasteiger partial charge in [0.15, 0.2) is 6.61 Å². The van der Waals surface area contributed by atoms with Gasteiger partial charge in [-0.1, -0.05) is 25.1 Å². The van der Waals surface area contributed by atoms with Gasteiger partial charge in [0.25, 0.3) is 5.91 Å². The highest BCUT2D eigenvalue weighted by atomic mass is 32.1. The molecule has 29 heavy (non-hydrogen) atoms. The molecule has 0 bridgehead atoms. The first-order chi connectivity index (χ1) is 14.1. The average molecular weight is 405 g/mol. The number of nitriles is 1. The molecule has 2 heterocycles. The lowest BCUT2D eigenvalue weighted by Crippen LogP contribution is -2.23. The van der Waals surface area contributed by atoms with Crippen LogP contribution in [0.4, 0.5) is 5.00 Å². The molecule has 3 aromatic rings. The van der Waals surface area contributed by atoms with Crippen LogP contribution >= 0.6 is 11.3 Å². The van der Waals surface area contributed by atoms with Crippen molar-refractivity contribution in [2.75, 3.05) is 11.9 Å². The van der Waals surface area contributed by atoms with Crippen molar-refractivity contribution in [2.45, 2.75) is 26.2 Å². The summed E-state index contributed by atoms with van der Waals surface area (Å²) in [6.45, 7) is 1.75. The predicted octanol–water partition coefficient (Wildman–Crippen LogP) is 4.09. The molecule has 1 aliphatic rings. The molecule has 1 atom stereocenters. The summed E-state index contributed by atoms with van der Waals surface area (Å²) in [4.78, 5) is 29.9. The zero-order valence-electron chi connectivity index (χ0n) is 15.9. The van der Waals surface area contributed by atoms with Crippen LogP contribution in [0, 0.1) is 17.2 Å². The molecule has 0 radical (unpaired) electrons. The number of fused-ring (bicyclic) bond motifs is 2. The summed E-state index contributed by atoms with van der Waals surface area (Å²) in [6.07, 6.45) is 2.64. The number of nitrogens with one attached hydrogen (secondary N) is 1. The van der Waals surface area contributed by atoms with E-state index in [1.54, 1.807) is 11.4 Å². The molecule has 1 aromatic carbocycles. The topological polar surface area (TPSA) is 92.1 Å². The summed E-state index contributed by atoms with van der Waals surface area (Å²) >= 11 is 1.25. The molecule has 0 fully saturated rings. The number of aromatic nitrogens is 1. The maximum Gasteiger partial charge on any atom is 0.339 e. The van der Waals surface area contributed by atoms with E-state index in [1.807, 2.05) is 30.3 Å². The fourth-order valence-electron chi connectivity index (χ4n) is 3.66. The first kappa shape index (κ1) is 19.1. The number of pyridine rings is 1. The number of aryl methyl sites for hydroxylation is 1. The van der Waals surface area contributed by atoms with Gasteiger partial charge >= 0.3 is 5.97 Å². The molecule has 7 heteroatoms. The summed E-state index contributed by atoms with van der Waals surface area (Å²) in [7, 11) is 0. The Kier molecular flexibility index (Phi) is 5.28. The van der Waals surface area contributed by atoms with Gasteiger partial charge in [0.05, 0.1) is 16.6 Å². The molecule has 0 unspecified atom stereocenters. The second kappa shape index (κ2) is 8.02. The van der Waals surface area contributed by atoms with Crippen LogP contribution in [-0.2, 0) is 22.4 Å². The first-order valence-corrected chi connectivity index (χ1v) is 10.3. The molecule has 2 aromatic heterocycles. The minimum atomic E-state index is -0.518. The molecule has 1 N–H and O–H groups in total. The summed E-state index contributed by atoms with van der Waals surface area (Å²) in [5.74, 6) is -0.530. The third kappa shape index (κ3) is 3.84. The van der Waals surface area contributed by atoms with Crippen molar-refractivity contribution in [3.8, 4) is 6.07 Å². The van der Waals surface area contributed by atoms with E-state index in [9.17, 15) is 9.59 Å². The number of ether oxygens (including phenoxy) is 1. The van der Waals surface area contributed by atoms with Crippen molar-refractivity contribution in [2.24, 2.45) is 5.92 Å². The molecule has 0 saturated heterocycles. The monoisotopic (exact) mass is 405 g/mol. The van der Waals surface area contributed by atoms with Crippen LogP contribution in [-0.4, -0.2) is 23.5 Å². The highest BCUT2D eigenvalue weighted by Gasteiger charge is 2.26. The Morgan fingerprint density at radius 1 is 1.34 bits per heavy atom. The van der Waals surface area contributed by atoms with Crippen molar-refractivity contribution >= 4 is 39.1 Å². The molecule has 0 spiro atoms. The molecule has 146 valence electrons. The van der Waals surface area contributed by atoms with E-state index in [0.29, 0.717) is 22.0 Å². The van der Waals surface area contributed by atoms with Crippen LogP contribution in [0.1, 0.15) is 40.5 Å². The van der Waals surface area contributed by atoms with Gasteiger partial charge < -0.3 is 10.1 Å². The summed E-state index contributed by atoms with van der Waals surface area (Å²) < 4.78 is 5.36. The van der Waals surface area contributed by atoms with Crippen molar-refractivity contribution in [3.05, 3.63) is 58.1 Å².